The van der Waals surface area contributed by atoms with Crippen molar-refractivity contribution in [2.24, 2.45) is 4.99 Å². The summed E-state index contributed by atoms with van der Waals surface area (Å²) >= 11 is 0. The van der Waals surface area contributed by atoms with Crippen molar-refractivity contribution < 1.29 is 27.5 Å². The molecule has 0 saturated carbocycles. The van der Waals surface area contributed by atoms with Gasteiger partial charge in [-0.15, -0.1) is 0 Å². The van der Waals surface area contributed by atoms with Gasteiger partial charge in [-0.1, -0.05) is 11.6 Å². The average molecular weight is 416 g/mol. The first-order valence-electron chi connectivity index (χ1n) is 9.03. The molecular weight excluding hydrogens is 400 g/mol. The first kappa shape index (κ1) is 19.9. The number of aryl methyl sites for hydroxylation is 2. The fourth-order valence-electron chi connectivity index (χ4n) is 3.74. The van der Waals surface area contributed by atoms with Crippen molar-refractivity contribution in [2.75, 3.05) is 0 Å². The number of carbonyl (C=O) groups is 1. The van der Waals surface area contributed by atoms with Gasteiger partial charge in [0, 0.05) is 5.56 Å². The quantitative estimate of drug-likeness (QED) is 0.555. The lowest BCUT2D eigenvalue weighted by Crippen LogP contribution is -2.09. The smallest absolute Gasteiger partial charge is 0.416 e. The van der Waals surface area contributed by atoms with E-state index < -0.39 is 24.3 Å². The van der Waals surface area contributed by atoms with Crippen molar-refractivity contribution >= 4 is 11.6 Å². The number of amides is 1. The van der Waals surface area contributed by atoms with Crippen molar-refractivity contribution in [1.29, 1.82) is 0 Å². The molecule has 1 aliphatic heterocycles. The molecule has 0 unspecified atom stereocenters. The first-order chi connectivity index (χ1) is 14.1. The summed E-state index contributed by atoms with van der Waals surface area (Å²) in [5.41, 5.74) is 1.46. The van der Waals surface area contributed by atoms with E-state index in [0.717, 1.165) is 17.7 Å². The van der Waals surface area contributed by atoms with Crippen LogP contribution in [-0.4, -0.2) is 21.7 Å². The second kappa shape index (κ2) is 6.83. The predicted octanol–water partition coefficient (Wildman–Crippen LogP) is 5.48. The summed E-state index contributed by atoms with van der Waals surface area (Å²) in [6.45, 7) is 2.56. The van der Waals surface area contributed by atoms with E-state index in [0.29, 0.717) is 16.7 Å². The molecule has 3 aromatic rings. The molecule has 0 bridgehead atoms. The maximum absolute atomic E-state index is 13.2. The summed E-state index contributed by atoms with van der Waals surface area (Å²) in [4.78, 5) is 19.3. The standard InChI is InChI=1S/C22H16F4N2O2/c1-10-3-12(9-23)7-13(4-10)18-16-17(21(30)27-18)19(28-20(16)29)14-5-11(2)6-15(8-14)22(24,25)26/h3-8,27,30H,9H2,1-2H3. The van der Waals surface area contributed by atoms with E-state index in [9.17, 15) is 27.5 Å². The molecule has 0 aliphatic carbocycles. The van der Waals surface area contributed by atoms with Gasteiger partial charge in [-0.3, -0.25) is 4.79 Å². The van der Waals surface area contributed by atoms with Crippen molar-refractivity contribution in [3.63, 3.8) is 0 Å². The molecule has 1 aromatic heterocycles. The minimum Gasteiger partial charge on any atom is -0.494 e. The Morgan fingerprint density at radius 3 is 2.30 bits per heavy atom. The number of carbonyl (C=O) groups excluding carboxylic acids is 1. The minimum atomic E-state index is -4.57. The van der Waals surface area contributed by atoms with Crippen molar-refractivity contribution in [3.05, 3.63) is 75.3 Å². The van der Waals surface area contributed by atoms with Crippen LogP contribution in [0.3, 0.4) is 0 Å². The Morgan fingerprint density at radius 1 is 0.967 bits per heavy atom. The van der Waals surface area contributed by atoms with Crippen LogP contribution in [-0.2, 0) is 12.9 Å². The van der Waals surface area contributed by atoms with Crippen LogP contribution in [0, 0.1) is 13.8 Å². The number of halogens is 4. The highest BCUT2D eigenvalue weighted by atomic mass is 19.4. The second-order valence-corrected chi connectivity index (χ2v) is 7.29. The maximum Gasteiger partial charge on any atom is 0.416 e. The van der Waals surface area contributed by atoms with E-state index in [2.05, 4.69) is 9.98 Å². The van der Waals surface area contributed by atoms with Crippen molar-refractivity contribution in [1.82, 2.24) is 4.98 Å². The van der Waals surface area contributed by atoms with E-state index in [1.807, 2.05) is 0 Å². The van der Waals surface area contributed by atoms with Gasteiger partial charge >= 0.3 is 6.18 Å². The molecule has 4 nitrogen and oxygen atoms in total. The molecule has 0 saturated heterocycles. The average Bonchev–Trinajstić information content (AvgIpc) is 3.19. The Bertz CT molecular complexity index is 1220. The van der Waals surface area contributed by atoms with Gasteiger partial charge in [0.2, 0.25) is 0 Å². The lowest BCUT2D eigenvalue weighted by Gasteiger charge is -2.10. The van der Waals surface area contributed by atoms with Crippen LogP contribution < -0.4 is 0 Å². The van der Waals surface area contributed by atoms with Crippen LogP contribution in [0.4, 0.5) is 17.6 Å². The van der Waals surface area contributed by atoms with Gasteiger partial charge in [0.25, 0.3) is 5.91 Å². The Morgan fingerprint density at radius 2 is 1.63 bits per heavy atom. The number of aromatic nitrogens is 1. The molecule has 0 spiro atoms. The zero-order valence-corrected chi connectivity index (χ0v) is 16.0. The second-order valence-electron chi connectivity index (χ2n) is 7.29. The zero-order valence-electron chi connectivity index (χ0n) is 16.0. The molecule has 2 N–H and O–H groups in total. The minimum absolute atomic E-state index is 0.0389. The maximum atomic E-state index is 13.2. The van der Waals surface area contributed by atoms with Crippen LogP contribution in [0.1, 0.15) is 43.7 Å². The van der Waals surface area contributed by atoms with E-state index >= 15 is 0 Å². The molecule has 1 aliphatic rings. The summed E-state index contributed by atoms with van der Waals surface area (Å²) in [5.74, 6) is -1.08. The number of rotatable bonds is 3. The number of alkyl halides is 4. The number of benzene rings is 2. The van der Waals surface area contributed by atoms with Crippen LogP contribution in [0.2, 0.25) is 0 Å². The molecule has 1 amide bonds. The number of nitrogens with one attached hydrogen (secondary N) is 1. The molecular formula is C22H16F4N2O2. The Kier molecular flexibility index (Phi) is 4.52. The number of nitrogens with zero attached hydrogens (tertiary/aromatic N) is 1. The van der Waals surface area contributed by atoms with Gasteiger partial charge in [0.1, 0.15) is 6.67 Å². The van der Waals surface area contributed by atoms with E-state index in [1.54, 1.807) is 19.1 Å². The fourth-order valence-corrected chi connectivity index (χ4v) is 3.74. The summed E-state index contributed by atoms with van der Waals surface area (Å²) in [6, 6.07) is 8.27. The van der Waals surface area contributed by atoms with Crippen LogP contribution in [0.25, 0.3) is 11.3 Å². The molecule has 0 fully saturated rings. The summed E-state index contributed by atoms with van der Waals surface area (Å²) in [7, 11) is 0. The number of hydrogen-bond donors (Lipinski definition) is 2. The third-order valence-corrected chi connectivity index (χ3v) is 4.90. The van der Waals surface area contributed by atoms with Crippen LogP contribution >= 0.6 is 0 Å². The van der Waals surface area contributed by atoms with Crippen LogP contribution in [0.5, 0.6) is 5.88 Å². The van der Waals surface area contributed by atoms with E-state index in [-0.39, 0.29) is 34.0 Å². The summed E-state index contributed by atoms with van der Waals surface area (Å²) in [6.07, 6.45) is -4.57. The van der Waals surface area contributed by atoms with Gasteiger partial charge in [-0.05, 0) is 60.9 Å². The normalized spacial score (nSPS) is 13.5. The highest BCUT2D eigenvalue weighted by molar-refractivity contribution is 6.30. The topological polar surface area (TPSA) is 65.4 Å². The highest BCUT2D eigenvalue weighted by Gasteiger charge is 2.36. The Hall–Kier alpha value is -3.42. The molecule has 8 heteroatoms. The monoisotopic (exact) mass is 416 g/mol. The SMILES string of the molecule is Cc1cc(CF)cc(-c2[nH]c(O)c3c2C(=O)N=C3c2cc(C)cc(C(F)(F)F)c2)c1. The van der Waals surface area contributed by atoms with Crippen molar-refractivity contribution in [3.8, 4) is 17.1 Å². The number of hydrogen-bond acceptors (Lipinski definition) is 2. The highest BCUT2D eigenvalue weighted by Crippen LogP contribution is 2.39. The molecule has 0 atom stereocenters. The number of aromatic amines is 1. The van der Waals surface area contributed by atoms with Gasteiger partial charge < -0.3 is 10.1 Å². The summed E-state index contributed by atoms with van der Waals surface area (Å²) in [5, 5.41) is 10.5. The van der Waals surface area contributed by atoms with Crippen LogP contribution in [0.15, 0.2) is 41.4 Å². The van der Waals surface area contributed by atoms with Gasteiger partial charge in [-0.25, -0.2) is 9.38 Å². The third-order valence-electron chi connectivity index (χ3n) is 4.90. The number of aromatic hydroxyl groups is 1. The number of aliphatic imine (C=N–C) groups is 1. The molecule has 30 heavy (non-hydrogen) atoms. The molecule has 4 rings (SSSR count). The summed E-state index contributed by atoms with van der Waals surface area (Å²) < 4.78 is 52.9. The van der Waals surface area contributed by atoms with Crippen molar-refractivity contribution in [2.45, 2.75) is 26.7 Å². The first-order valence-corrected chi connectivity index (χ1v) is 9.03. The zero-order chi connectivity index (χ0) is 21.8. The molecule has 2 aromatic carbocycles. The van der Waals surface area contributed by atoms with Gasteiger partial charge in [0.15, 0.2) is 5.88 Å². The fraction of sp³-hybridized carbons (Fsp3) is 0.182. The van der Waals surface area contributed by atoms with E-state index in [4.69, 9.17) is 0 Å². The van der Waals surface area contributed by atoms with E-state index in [1.165, 1.54) is 19.1 Å². The predicted molar refractivity (Wildman–Crippen MR) is 104 cm³/mol. The molecule has 2 heterocycles. The van der Waals surface area contributed by atoms with Gasteiger partial charge in [-0.2, -0.15) is 13.2 Å². The molecule has 154 valence electrons. The number of H-pyrrole nitrogens is 1. The Balaban J connectivity index is 1.89. The lowest BCUT2D eigenvalue weighted by molar-refractivity contribution is -0.137. The Labute approximate surface area is 168 Å². The third kappa shape index (κ3) is 3.28. The lowest BCUT2D eigenvalue weighted by atomic mass is 9.96. The largest absolute Gasteiger partial charge is 0.494 e. The number of fused-ring (bicyclic) bond motifs is 1. The van der Waals surface area contributed by atoms with Gasteiger partial charge in [0.05, 0.1) is 28.1 Å². The molecule has 0 radical (unpaired) electrons.